The van der Waals surface area contributed by atoms with Crippen molar-refractivity contribution in [3.05, 3.63) is 60.6 Å². The summed E-state index contributed by atoms with van der Waals surface area (Å²) in [6.07, 6.45) is 4.57. The van der Waals surface area contributed by atoms with Gasteiger partial charge in [-0.3, -0.25) is 4.79 Å². The number of amides is 1. The Morgan fingerprint density at radius 2 is 2.27 bits per heavy atom. The van der Waals surface area contributed by atoms with Crippen LogP contribution in [0.5, 0.6) is 11.5 Å². The van der Waals surface area contributed by atoms with Crippen molar-refractivity contribution in [2.24, 2.45) is 5.10 Å². The second kappa shape index (κ2) is 7.68. The van der Waals surface area contributed by atoms with Gasteiger partial charge in [-0.1, -0.05) is 12.7 Å². The minimum absolute atomic E-state index is 0.197. The number of ether oxygens (including phenoxy) is 2. The fraction of sp³-hybridized carbons (Fsp3) is 0.125. The number of benzene rings is 1. The van der Waals surface area contributed by atoms with Crippen molar-refractivity contribution >= 4 is 12.1 Å². The van der Waals surface area contributed by atoms with Crippen LogP contribution in [0.4, 0.5) is 0 Å². The topological polar surface area (TPSA) is 73.1 Å². The van der Waals surface area contributed by atoms with Crippen molar-refractivity contribution in [3.63, 3.8) is 0 Å². The van der Waals surface area contributed by atoms with Gasteiger partial charge >= 0.3 is 5.91 Å². The maximum absolute atomic E-state index is 11.6. The van der Waals surface area contributed by atoms with Crippen molar-refractivity contribution in [3.8, 4) is 11.5 Å². The molecular weight excluding hydrogens is 284 g/mol. The minimum atomic E-state index is -0.417. The van der Waals surface area contributed by atoms with E-state index in [0.29, 0.717) is 18.1 Å². The molecule has 6 nitrogen and oxygen atoms in total. The lowest BCUT2D eigenvalue weighted by Crippen LogP contribution is -2.16. The highest BCUT2D eigenvalue weighted by molar-refractivity contribution is 5.92. The van der Waals surface area contributed by atoms with E-state index in [0.717, 1.165) is 5.56 Å². The number of hydrogen-bond acceptors (Lipinski definition) is 5. The molecule has 0 unspecified atom stereocenters. The lowest BCUT2D eigenvalue weighted by atomic mass is 10.2. The van der Waals surface area contributed by atoms with Crippen LogP contribution in [0.3, 0.4) is 0 Å². The third-order valence-electron chi connectivity index (χ3n) is 2.67. The van der Waals surface area contributed by atoms with E-state index in [2.05, 4.69) is 17.1 Å². The average Bonchev–Trinajstić information content (AvgIpc) is 3.07. The van der Waals surface area contributed by atoms with Gasteiger partial charge in [-0.2, -0.15) is 5.10 Å². The van der Waals surface area contributed by atoms with E-state index >= 15 is 0 Å². The van der Waals surface area contributed by atoms with Crippen molar-refractivity contribution < 1.29 is 18.7 Å². The first kappa shape index (κ1) is 15.4. The molecule has 1 heterocycles. The van der Waals surface area contributed by atoms with Gasteiger partial charge in [0.15, 0.2) is 17.3 Å². The lowest BCUT2D eigenvalue weighted by molar-refractivity contribution is 0.0927. The van der Waals surface area contributed by atoms with Crippen molar-refractivity contribution in [2.75, 3.05) is 13.7 Å². The molecule has 0 bridgehead atoms. The van der Waals surface area contributed by atoms with Crippen LogP contribution >= 0.6 is 0 Å². The lowest BCUT2D eigenvalue weighted by Gasteiger charge is -2.09. The Bertz CT molecular complexity index is 663. The first-order valence-electron chi connectivity index (χ1n) is 6.53. The molecule has 0 fully saturated rings. The minimum Gasteiger partial charge on any atom is -0.493 e. The molecule has 1 aromatic carbocycles. The molecule has 1 amide bonds. The largest absolute Gasteiger partial charge is 0.493 e. The van der Waals surface area contributed by atoms with Crippen molar-refractivity contribution in [1.82, 2.24) is 5.43 Å². The molecule has 22 heavy (non-hydrogen) atoms. The van der Waals surface area contributed by atoms with Crippen LogP contribution in [0.2, 0.25) is 0 Å². The summed E-state index contributed by atoms with van der Waals surface area (Å²) in [6.45, 7) is 3.98. The molecule has 0 aliphatic heterocycles. The Balaban J connectivity index is 2.01. The van der Waals surface area contributed by atoms with E-state index in [-0.39, 0.29) is 5.76 Å². The molecule has 0 radical (unpaired) electrons. The molecular formula is C16H16N2O4. The van der Waals surface area contributed by atoms with Gasteiger partial charge in [-0.05, 0) is 35.9 Å². The summed E-state index contributed by atoms with van der Waals surface area (Å²) in [6, 6.07) is 8.49. The molecule has 0 saturated carbocycles. The highest BCUT2D eigenvalue weighted by atomic mass is 16.5. The van der Waals surface area contributed by atoms with Gasteiger partial charge in [0.1, 0.15) is 6.61 Å². The average molecular weight is 300 g/mol. The smallest absolute Gasteiger partial charge is 0.307 e. The van der Waals surface area contributed by atoms with Crippen LogP contribution in [0.15, 0.2) is 58.8 Å². The number of rotatable bonds is 7. The zero-order chi connectivity index (χ0) is 15.8. The second-order valence-corrected chi connectivity index (χ2v) is 4.19. The quantitative estimate of drug-likeness (QED) is 0.484. The van der Waals surface area contributed by atoms with Gasteiger partial charge < -0.3 is 13.9 Å². The number of carbonyl (C=O) groups is 1. The molecule has 1 N–H and O–H groups in total. The predicted octanol–water partition coefficient (Wildman–Crippen LogP) is 2.62. The van der Waals surface area contributed by atoms with E-state index in [1.165, 1.54) is 12.5 Å². The maximum Gasteiger partial charge on any atom is 0.307 e. The number of furan rings is 1. The van der Waals surface area contributed by atoms with Gasteiger partial charge in [0.2, 0.25) is 0 Å². The first-order valence-corrected chi connectivity index (χ1v) is 6.53. The molecule has 0 saturated heterocycles. The van der Waals surface area contributed by atoms with E-state index < -0.39 is 5.91 Å². The van der Waals surface area contributed by atoms with Crippen LogP contribution < -0.4 is 14.9 Å². The number of nitrogens with one attached hydrogen (secondary N) is 1. The third kappa shape index (κ3) is 3.99. The molecule has 2 aromatic rings. The van der Waals surface area contributed by atoms with Crippen LogP contribution in [0.25, 0.3) is 0 Å². The van der Waals surface area contributed by atoms with E-state index in [9.17, 15) is 4.79 Å². The Morgan fingerprint density at radius 1 is 1.41 bits per heavy atom. The Labute approximate surface area is 128 Å². The number of methoxy groups -OCH3 is 1. The second-order valence-electron chi connectivity index (χ2n) is 4.19. The van der Waals surface area contributed by atoms with Crippen molar-refractivity contribution in [2.45, 2.75) is 0 Å². The standard InChI is InChI=1S/C16H16N2O4/c1-3-8-21-13-7-6-12(10-15(13)20-2)11-17-18-16(19)14-5-4-9-22-14/h3-7,9-11H,1,8H2,2H3,(H,18,19)/b17-11-. The molecule has 114 valence electrons. The Hall–Kier alpha value is -3.02. The molecule has 6 heteroatoms. The summed E-state index contributed by atoms with van der Waals surface area (Å²) >= 11 is 0. The summed E-state index contributed by atoms with van der Waals surface area (Å²) in [5.74, 6) is 0.962. The monoisotopic (exact) mass is 300 g/mol. The normalized spacial score (nSPS) is 10.4. The highest BCUT2D eigenvalue weighted by Gasteiger charge is 2.07. The Morgan fingerprint density at radius 3 is 2.95 bits per heavy atom. The summed E-state index contributed by atoms with van der Waals surface area (Å²) in [7, 11) is 1.55. The van der Waals surface area contributed by atoms with Gasteiger partial charge in [0.05, 0.1) is 19.6 Å². The summed E-state index contributed by atoms with van der Waals surface area (Å²) in [5.41, 5.74) is 3.12. The predicted molar refractivity (Wildman–Crippen MR) is 82.5 cm³/mol. The van der Waals surface area contributed by atoms with E-state index in [4.69, 9.17) is 13.9 Å². The van der Waals surface area contributed by atoms with Crippen molar-refractivity contribution in [1.29, 1.82) is 0 Å². The summed E-state index contributed by atoms with van der Waals surface area (Å²) in [5, 5.41) is 3.87. The number of carbonyl (C=O) groups excluding carboxylic acids is 1. The summed E-state index contributed by atoms with van der Waals surface area (Å²) < 4.78 is 15.7. The molecule has 0 atom stereocenters. The molecule has 0 spiro atoms. The number of nitrogens with zero attached hydrogens (tertiary/aromatic N) is 1. The van der Waals surface area contributed by atoms with Crippen LogP contribution in [0.1, 0.15) is 16.1 Å². The molecule has 2 rings (SSSR count). The van der Waals surface area contributed by atoms with Crippen LogP contribution in [0, 0.1) is 0 Å². The SMILES string of the molecule is C=CCOc1ccc(/C=N\NC(=O)c2ccco2)cc1OC. The third-order valence-corrected chi connectivity index (χ3v) is 2.67. The number of hydrogen-bond donors (Lipinski definition) is 1. The van der Waals surface area contributed by atoms with Gasteiger partial charge in [-0.25, -0.2) is 5.43 Å². The van der Waals surface area contributed by atoms with Crippen LogP contribution in [-0.2, 0) is 0 Å². The van der Waals surface area contributed by atoms with E-state index in [1.54, 1.807) is 43.5 Å². The molecule has 0 aliphatic carbocycles. The zero-order valence-electron chi connectivity index (χ0n) is 12.1. The summed E-state index contributed by atoms with van der Waals surface area (Å²) in [4.78, 5) is 11.6. The van der Waals surface area contributed by atoms with E-state index in [1.807, 2.05) is 0 Å². The van der Waals surface area contributed by atoms with Gasteiger partial charge in [0, 0.05) is 0 Å². The Kier molecular flexibility index (Phi) is 5.37. The highest BCUT2D eigenvalue weighted by Crippen LogP contribution is 2.27. The zero-order valence-corrected chi connectivity index (χ0v) is 12.1. The molecule has 1 aromatic heterocycles. The fourth-order valence-corrected chi connectivity index (χ4v) is 1.66. The van der Waals surface area contributed by atoms with Crippen LogP contribution in [-0.4, -0.2) is 25.8 Å². The number of hydrazone groups is 1. The fourth-order valence-electron chi connectivity index (χ4n) is 1.66. The van der Waals surface area contributed by atoms with Gasteiger partial charge in [0.25, 0.3) is 0 Å². The molecule has 0 aliphatic rings. The maximum atomic E-state index is 11.6. The van der Waals surface area contributed by atoms with Gasteiger partial charge in [-0.15, -0.1) is 0 Å². The first-order chi connectivity index (χ1) is 10.7.